The van der Waals surface area contributed by atoms with Crippen LogP contribution in [-0.2, 0) is 6.54 Å². The van der Waals surface area contributed by atoms with Crippen LogP contribution in [-0.4, -0.2) is 53.3 Å². The Kier molecular flexibility index (Phi) is 6.93. The molecule has 3 aromatic rings. The first-order chi connectivity index (χ1) is 18.0. The molecule has 1 N–H and O–H groups in total. The average molecular weight is 520 g/mol. The third-order valence-corrected chi connectivity index (χ3v) is 9.31. The molecule has 3 aliphatic rings. The summed E-state index contributed by atoms with van der Waals surface area (Å²) >= 11 is 6.91. The van der Waals surface area contributed by atoms with Crippen molar-refractivity contribution in [2.24, 2.45) is 0 Å². The minimum Gasteiger partial charge on any atom is -0.478 e. The molecule has 3 heterocycles. The number of anilines is 1. The summed E-state index contributed by atoms with van der Waals surface area (Å²) in [7, 11) is 0. The number of likely N-dealkylation sites (tertiary alicyclic amines) is 1. The number of carboxylic acids is 1. The van der Waals surface area contributed by atoms with Gasteiger partial charge < -0.3 is 19.5 Å². The van der Waals surface area contributed by atoms with Gasteiger partial charge in [-0.3, -0.25) is 0 Å². The lowest BCUT2D eigenvalue weighted by Crippen LogP contribution is -2.38. The van der Waals surface area contributed by atoms with Gasteiger partial charge in [0.1, 0.15) is 0 Å². The van der Waals surface area contributed by atoms with Crippen molar-refractivity contribution in [3.63, 3.8) is 0 Å². The summed E-state index contributed by atoms with van der Waals surface area (Å²) in [5, 5.41) is 11.4. The van der Waals surface area contributed by atoms with E-state index >= 15 is 0 Å². The third kappa shape index (κ3) is 4.55. The van der Waals surface area contributed by atoms with Gasteiger partial charge in [0.2, 0.25) is 0 Å². The highest BCUT2D eigenvalue weighted by Gasteiger charge is 2.32. The van der Waals surface area contributed by atoms with Crippen LogP contribution in [0.5, 0.6) is 0 Å². The van der Waals surface area contributed by atoms with E-state index in [9.17, 15) is 9.90 Å². The predicted molar refractivity (Wildman–Crippen MR) is 152 cm³/mol. The molecule has 1 saturated heterocycles. The Bertz CT molecular complexity index is 1320. The quantitative estimate of drug-likeness (QED) is 0.383. The molecule has 0 unspecified atom stereocenters. The normalized spacial score (nSPS) is 19.0. The Morgan fingerprint density at radius 1 is 0.946 bits per heavy atom. The van der Waals surface area contributed by atoms with E-state index in [-0.39, 0.29) is 5.56 Å². The zero-order valence-corrected chi connectivity index (χ0v) is 22.7. The second-order valence-electron chi connectivity index (χ2n) is 11.3. The number of rotatable bonds is 5. The van der Waals surface area contributed by atoms with Gasteiger partial charge in [0.15, 0.2) is 0 Å². The van der Waals surface area contributed by atoms with Gasteiger partial charge in [-0.25, -0.2) is 4.79 Å². The van der Waals surface area contributed by atoms with Crippen molar-refractivity contribution >= 4 is 34.2 Å². The van der Waals surface area contributed by atoms with Crippen LogP contribution in [0.15, 0.2) is 30.3 Å². The molecule has 0 amide bonds. The standard InChI is InChI=1S/C31H38ClN3O2/c1-21-10-11-23-26(20-21)34(17-16-33-14-6-3-7-15-33)18-19-35-29(23)27(22-8-4-2-5-9-22)24-12-13-25(31(36)37)28(32)30(24)35/h10-13,20,22H,2-9,14-19H2,1H3,(H,36,37). The molecular formula is C31H38ClN3O2. The maximum atomic E-state index is 12.0. The third-order valence-electron chi connectivity index (χ3n) is 8.92. The minimum atomic E-state index is -0.963. The average Bonchev–Trinajstić information content (AvgIpc) is 3.16. The molecule has 1 saturated carbocycles. The fourth-order valence-electron chi connectivity index (χ4n) is 7.04. The number of piperidine rings is 1. The van der Waals surface area contributed by atoms with Gasteiger partial charge in [-0.05, 0) is 74.9 Å². The first-order valence-corrected chi connectivity index (χ1v) is 14.6. The lowest BCUT2D eigenvalue weighted by atomic mass is 9.81. The molecule has 2 fully saturated rings. The zero-order valence-electron chi connectivity index (χ0n) is 21.9. The highest BCUT2D eigenvalue weighted by atomic mass is 35.5. The number of benzene rings is 2. The van der Waals surface area contributed by atoms with Crippen LogP contribution < -0.4 is 4.90 Å². The topological polar surface area (TPSA) is 48.7 Å². The van der Waals surface area contributed by atoms with Gasteiger partial charge in [0, 0.05) is 42.8 Å². The van der Waals surface area contributed by atoms with Gasteiger partial charge in [-0.2, -0.15) is 0 Å². The largest absolute Gasteiger partial charge is 0.478 e. The Morgan fingerprint density at radius 2 is 1.70 bits per heavy atom. The SMILES string of the molecule is Cc1ccc2c(c1)N(CCN1CCCCC1)CCn1c-2c(C2CCCCC2)c2ccc(C(=O)O)c(Cl)c21. The summed E-state index contributed by atoms with van der Waals surface area (Å²) in [6, 6.07) is 10.6. The number of hydrogen-bond donors (Lipinski definition) is 1. The summed E-state index contributed by atoms with van der Waals surface area (Å²) in [4.78, 5) is 17.2. The smallest absolute Gasteiger partial charge is 0.337 e. The van der Waals surface area contributed by atoms with Crippen molar-refractivity contribution in [3.05, 3.63) is 52.0 Å². The molecule has 1 aliphatic carbocycles. The van der Waals surface area contributed by atoms with Crippen molar-refractivity contribution < 1.29 is 9.90 Å². The first kappa shape index (κ1) is 24.8. The number of carboxylic acid groups (broad SMARTS) is 1. The Labute approximate surface area is 225 Å². The van der Waals surface area contributed by atoms with Crippen LogP contribution >= 0.6 is 11.6 Å². The predicted octanol–water partition coefficient (Wildman–Crippen LogP) is 7.32. The number of nitrogens with zero attached hydrogens (tertiary/aromatic N) is 3. The molecule has 0 atom stereocenters. The maximum Gasteiger partial charge on any atom is 0.337 e. The van der Waals surface area contributed by atoms with Crippen molar-refractivity contribution in [1.82, 2.24) is 9.47 Å². The van der Waals surface area contributed by atoms with Crippen LogP contribution in [0.25, 0.3) is 22.2 Å². The minimum absolute atomic E-state index is 0.194. The molecule has 0 spiro atoms. The molecule has 5 nitrogen and oxygen atoms in total. The van der Waals surface area contributed by atoms with Crippen molar-refractivity contribution in [1.29, 1.82) is 0 Å². The molecular weight excluding hydrogens is 482 g/mol. The monoisotopic (exact) mass is 519 g/mol. The zero-order chi connectivity index (χ0) is 25.5. The number of fused-ring (bicyclic) bond motifs is 5. The number of aryl methyl sites for hydroxylation is 1. The van der Waals surface area contributed by atoms with Gasteiger partial charge >= 0.3 is 5.97 Å². The molecule has 1 aromatic heterocycles. The Hall–Kier alpha value is -2.50. The number of aromatic nitrogens is 1. The van der Waals surface area contributed by atoms with Crippen molar-refractivity contribution in [3.8, 4) is 11.3 Å². The van der Waals surface area contributed by atoms with Crippen molar-refractivity contribution in [2.45, 2.75) is 70.8 Å². The van der Waals surface area contributed by atoms with E-state index in [1.54, 1.807) is 6.07 Å². The van der Waals surface area contributed by atoms with E-state index < -0.39 is 5.97 Å². The molecule has 2 aromatic carbocycles. The lowest BCUT2D eigenvalue weighted by Gasteiger charge is -2.31. The fraction of sp³-hybridized carbons (Fsp3) is 0.516. The number of hydrogen-bond acceptors (Lipinski definition) is 3. The number of carbonyl (C=O) groups is 1. The van der Waals surface area contributed by atoms with Gasteiger partial charge in [-0.1, -0.05) is 55.5 Å². The van der Waals surface area contributed by atoms with Crippen LogP contribution in [0.2, 0.25) is 5.02 Å². The summed E-state index contributed by atoms with van der Waals surface area (Å²) in [5.41, 5.74) is 7.60. The molecule has 6 heteroatoms. The summed E-state index contributed by atoms with van der Waals surface area (Å²) in [6.07, 6.45) is 10.1. The van der Waals surface area contributed by atoms with E-state index in [4.69, 9.17) is 11.6 Å². The fourth-order valence-corrected chi connectivity index (χ4v) is 7.38. The molecule has 0 radical (unpaired) electrons. The maximum absolute atomic E-state index is 12.0. The second-order valence-corrected chi connectivity index (χ2v) is 11.7. The highest BCUT2D eigenvalue weighted by molar-refractivity contribution is 6.38. The van der Waals surface area contributed by atoms with E-state index in [0.717, 1.165) is 37.1 Å². The lowest BCUT2D eigenvalue weighted by molar-refractivity contribution is 0.0697. The van der Waals surface area contributed by atoms with Crippen LogP contribution in [0.1, 0.15) is 78.8 Å². The van der Waals surface area contributed by atoms with Crippen molar-refractivity contribution in [2.75, 3.05) is 37.6 Å². The number of halogens is 1. The van der Waals surface area contributed by atoms with Crippen LogP contribution in [0.4, 0.5) is 5.69 Å². The first-order valence-electron chi connectivity index (χ1n) is 14.2. The van der Waals surface area contributed by atoms with Gasteiger partial charge in [0.25, 0.3) is 0 Å². The highest BCUT2D eigenvalue weighted by Crippen LogP contribution is 2.49. The van der Waals surface area contributed by atoms with E-state index in [1.807, 2.05) is 6.07 Å². The Morgan fingerprint density at radius 3 is 2.46 bits per heavy atom. The summed E-state index contributed by atoms with van der Waals surface area (Å²) < 4.78 is 2.36. The van der Waals surface area contributed by atoms with E-state index in [2.05, 4.69) is 39.5 Å². The van der Waals surface area contributed by atoms with Gasteiger partial charge in [-0.15, -0.1) is 0 Å². The van der Waals surface area contributed by atoms with E-state index in [1.165, 1.54) is 92.5 Å². The van der Waals surface area contributed by atoms with Crippen LogP contribution in [0, 0.1) is 6.92 Å². The summed E-state index contributed by atoms with van der Waals surface area (Å²) in [6.45, 7) is 8.38. The van der Waals surface area contributed by atoms with Crippen LogP contribution in [0.3, 0.4) is 0 Å². The molecule has 6 rings (SSSR count). The molecule has 37 heavy (non-hydrogen) atoms. The second kappa shape index (κ2) is 10.3. The van der Waals surface area contributed by atoms with E-state index in [0.29, 0.717) is 10.9 Å². The molecule has 196 valence electrons. The number of aromatic carboxylic acids is 1. The molecule has 2 aliphatic heterocycles. The summed E-state index contributed by atoms with van der Waals surface area (Å²) in [5.74, 6) is -0.484. The molecule has 0 bridgehead atoms. The Balaban J connectivity index is 1.51. The van der Waals surface area contributed by atoms with Gasteiger partial charge in [0.05, 0.1) is 21.8 Å².